The van der Waals surface area contributed by atoms with E-state index in [9.17, 15) is 5.11 Å². The van der Waals surface area contributed by atoms with Gasteiger partial charge in [-0.3, -0.25) is 0 Å². The summed E-state index contributed by atoms with van der Waals surface area (Å²) in [5.41, 5.74) is 0. The van der Waals surface area contributed by atoms with Gasteiger partial charge >= 0.3 is 0 Å². The molecule has 0 bridgehead atoms. The second-order valence-electron chi connectivity index (χ2n) is 4.71. The van der Waals surface area contributed by atoms with Gasteiger partial charge in [-0.05, 0) is 44.9 Å². The van der Waals surface area contributed by atoms with Gasteiger partial charge in [0.2, 0.25) is 0 Å². The summed E-state index contributed by atoms with van der Waals surface area (Å²) in [5, 5.41) is 9.62. The monoisotopic (exact) mass is 226 g/mol. The van der Waals surface area contributed by atoms with Crippen molar-refractivity contribution in [1.82, 2.24) is 0 Å². The molecule has 92 valence electrons. The van der Waals surface area contributed by atoms with Crippen LogP contribution < -0.4 is 0 Å². The normalized spacial score (nSPS) is 38.7. The van der Waals surface area contributed by atoms with Gasteiger partial charge in [-0.15, -0.1) is 0 Å². The molecule has 1 saturated heterocycles. The Morgan fingerprint density at radius 1 is 1.12 bits per heavy atom. The van der Waals surface area contributed by atoms with Gasteiger partial charge < -0.3 is 14.6 Å². The van der Waals surface area contributed by atoms with Crippen LogP contribution in [-0.4, -0.2) is 30.2 Å². The van der Waals surface area contributed by atoms with Crippen LogP contribution in [-0.2, 0) is 9.47 Å². The average molecular weight is 226 g/mol. The van der Waals surface area contributed by atoms with Crippen LogP contribution in [0.2, 0.25) is 0 Å². The number of aliphatic hydroxyl groups is 1. The maximum absolute atomic E-state index is 9.62. The summed E-state index contributed by atoms with van der Waals surface area (Å²) in [6, 6.07) is 0. The number of hydrogen-bond donors (Lipinski definition) is 1. The molecule has 1 heterocycles. The van der Waals surface area contributed by atoms with Crippen LogP contribution in [0.3, 0.4) is 0 Å². The molecule has 1 N–H and O–H groups in total. The van der Waals surface area contributed by atoms with Crippen molar-refractivity contribution in [3.8, 4) is 0 Å². The second-order valence-corrected chi connectivity index (χ2v) is 4.71. The first-order valence-electron chi connectivity index (χ1n) is 6.46. The fourth-order valence-electron chi connectivity index (χ4n) is 2.26. The smallest absolute Gasteiger partial charge is 0.158 e. The molecule has 1 aliphatic heterocycles. The van der Waals surface area contributed by atoms with Gasteiger partial charge in [0.15, 0.2) is 6.29 Å². The van der Waals surface area contributed by atoms with E-state index in [4.69, 9.17) is 9.47 Å². The van der Waals surface area contributed by atoms with Crippen LogP contribution in [0.15, 0.2) is 12.2 Å². The van der Waals surface area contributed by atoms with Crippen molar-refractivity contribution in [2.24, 2.45) is 0 Å². The average Bonchev–Trinajstić information content (AvgIpc) is 2.30. The maximum Gasteiger partial charge on any atom is 0.158 e. The highest BCUT2D eigenvalue weighted by molar-refractivity contribution is 4.92. The predicted molar refractivity (Wildman–Crippen MR) is 62.1 cm³/mol. The predicted octanol–water partition coefficient (Wildman–Crippen LogP) is 2.39. The first-order chi connectivity index (χ1) is 7.84. The second kappa shape index (κ2) is 6.38. The molecule has 0 radical (unpaired) electrons. The first kappa shape index (κ1) is 12.1. The zero-order chi connectivity index (χ0) is 11.2. The molecule has 3 heteroatoms. The van der Waals surface area contributed by atoms with E-state index in [2.05, 4.69) is 12.2 Å². The van der Waals surface area contributed by atoms with Crippen molar-refractivity contribution in [2.75, 3.05) is 6.61 Å². The Bertz CT molecular complexity index is 221. The fraction of sp³-hybridized carbons (Fsp3) is 0.846. The molecule has 2 rings (SSSR count). The highest BCUT2D eigenvalue weighted by Crippen LogP contribution is 2.20. The summed E-state index contributed by atoms with van der Waals surface area (Å²) in [7, 11) is 0. The summed E-state index contributed by atoms with van der Waals surface area (Å²) >= 11 is 0. The topological polar surface area (TPSA) is 38.7 Å². The molecule has 1 aliphatic carbocycles. The Kier molecular flexibility index (Phi) is 4.82. The van der Waals surface area contributed by atoms with Gasteiger partial charge in [0.05, 0.1) is 12.2 Å². The Morgan fingerprint density at radius 2 is 2.06 bits per heavy atom. The third-order valence-electron chi connectivity index (χ3n) is 3.27. The van der Waals surface area contributed by atoms with Crippen molar-refractivity contribution in [2.45, 2.75) is 63.4 Å². The zero-order valence-corrected chi connectivity index (χ0v) is 9.81. The molecule has 0 spiro atoms. The molecule has 3 atom stereocenters. The summed E-state index contributed by atoms with van der Waals surface area (Å²) < 4.78 is 11.5. The number of rotatable bonds is 2. The van der Waals surface area contributed by atoms with Crippen LogP contribution >= 0.6 is 0 Å². The van der Waals surface area contributed by atoms with Crippen LogP contribution in [0.25, 0.3) is 0 Å². The molecule has 3 unspecified atom stereocenters. The Labute approximate surface area is 97.4 Å². The Hall–Kier alpha value is -0.380. The number of hydrogen-bond acceptors (Lipinski definition) is 3. The van der Waals surface area contributed by atoms with E-state index in [1.165, 1.54) is 6.42 Å². The standard InChI is InChI=1S/C13H22O3/c14-11-5-1-2-6-12(9-8-11)16-13-7-3-4-10-15-13/h2,6,11-14H,1,3-5,7-10H2/b6-2-. The molecule has 16 heavy (non-hydrogen) atoms. The van der Waals surface area contributed by atoms with E-state index in [-0.39, 0.29) is 18.5 Å². The molecule has 2 aliphatic rings. The van der Waals surface area contributed by atoms with Crippen LogP contribution in [0.4, 0.5) is 0 Å². The molecule has 0 aromatic rings. The number of ether oxygens (including phenoxy) is 2. The Morgan fingerprint density at radius 3 is 2.88 bits per heavy atom. The van der Waals surface area contributed by atoms with E-state index in [0.29, 0.717) is 0 Å². The molecule has 1 fully saturated rings. The van der Waals surface area contributed by atoms with Gasteiger partial charge in [0, 0.05) is 6.61 Å². The van der Waals surface area contributed by atoms with Crippen molar-refractivity contribution in [1.29, 1.82) is 0 Å². The van der Waals surface area contributed by atoms with Crippen LogP contribution in [0, 0.1) is 0 Å². The lowest BCUT2D eigenvalue weighted by Gasteiger charge is -2.27. The van der Waals surface area contributed by atoms with Crippen molar-refractivity contribution >= 4 is 0 Å². The van der Waals surface area contributed by atoms with E-state index in [0.717, 1.165) is 45.1 Å². The third-order valence-corrected chi connectivity index (χ3v) is 3.27. The molecule has 0 amide bonds. The van der Waals surface area contributed by atoms with Crippen molar-refractivity contribution in [3.05, 3.63) is 12.2 Å². The third kappa shape index (κ3) is 3.89. The summed E-state index contributed by atoms with van der Waals surface area (Å²) in [6.45, 7) is 0.823. The molecule has 0 aromatic heterocycles. The Balaban J connectivity index is 1.79. The molecule has 0 aromatic carbocycles. The minimum atomic E-state index is -0.164. The van der Waals surface area contributed by atoms with E-state index in [1.807, 2.05) is 0 Å². The van der Waals surface area contributed by atoms with Gasteiger partial charge in [0.1, 0.15) is 0 Å². The minimum absolute atomic E-state index is 0.0278. The first-order valence-corrected chi connectivity index (χ1v) is 6.46. The number of aliphatic hydroxyl groups excluding tert-OH is 1. The lowest BCUT2D eigenvalue weighted by molar-refractivity contribution is -0.180. The molecular formula is C13H22O3. The highest BCUT2D eigenvalue weighted by Gasteiger charge is 2.19. The van der Waals surface area contributed by atoms with Crippen LogP contribution in [0.1, 0.15) is 44.9 Å². The van der Waals surface area contributed by atoms with Crippen molar-refractivity contribution in [3.63, 3.8) is 0 Å². The van der Waals surface area contributed by atoms with Gasteiger partial charge in [-0.2, -0.15) is 0 Å². The van der Waals surface area contributed by atoms with Gasteiger partial charge in [-0.25, -0.2) is 0 Å². The van der Waals surface area contributed by atoms with Gasteiger partial charge in [-0.1, -0.05) is 12.2 Å². The van der Waals surface area contributed by atoms with E-state index < -0.39 is 0 Å². The summed E-state index contributed by atoms with van der Waals surface area (Å²) in [5.74, 6) is 0. The number of allylic oxidation sites excluding steroid dienone is 1. The summed E-state index contributed by atoms with van der Waals surface area (Å²) in [6.07, 6.45) is 11.1. The maximum atomic E-state index is 9.62. The van der Waals surface area contributed by atoms with Crippen molar-refractivity contribution < 1.29 is 14.6 Å². The zero-order valence-electron chi connectivity index (χ0n) is 9.81. The summed E-state index contributed by atoms with van der Waals surface area (Å²) in [4.78, 5) is 0. The largest absolute Gasteiger partial charge is 0.393 e. The lowest BCUT2D eigenvalue weighted by atomic mass is 10.0. The molecule has 3 nitrogen and oxygen atoms in total. The van der Waals surface area contributed by atoms with E-state index in [1.54, 1.807) is 0 Å². The molecule has 0 saturated carbocycles. The highest BCUT2D eigenvalue weighted by atomic mass is 16.7. The quantitative estimate of drug-likeness (QED) is 0.735. The molecular weight excluding hydrogens is 204 g/mol. The van der Waals surface area contributed by atoms with E-state index >= 15 is 0 Å². The fourth-order valence-corrected chi connectivity index (χ4v) is 2.26. The lowest BCUT2D eigenvalue weighted by Crippen LogP contribution is -2.28. The van der Waals surface area contributed by atoms with Crippen LogP contribution in [0.5, 0.6) is 0 Å². The SMILES string of the molecule is OC1CC/C=C\C(OC2CCCCO2)CC1. The minimum Gasteiger partial charge on any atom is -0.393 e. The van der Waals surface area contributed by atoms with Gasteiger partial charge in [0.25, 0.3) is 0 Å².